The quantitative estimate of drug-likeness (QED) is 0.0509. The van der Waals surface area contributed by atoms with Gasteiger partial charge in [0.2, 0.25) is 18.1 Å². The molecule has 9 rings (SSSR count). The molecule has 14 heteroatoms. The molecule has 0 bridgehead atoms. The van der Waals surface area contributed by atoms with Gasteiger partial charge >= 0.3 is 29.5 Å². The fourth-order valence-corrected chi connectivity index (χ4v) is 8.29. The first-order valence-corrected chi connectivity index (χ1v) is 23.0. The second kappa shape index (κ2) is 22.3. The summed E-state index contributed by atoms with van der Waals surface area (Å²) in [7, 11) is 0. The number of hydrogen-bond donors (Lipinski definition) is 0. The normalized spacial score (nSPS) is 19.0. The van der Waals surface area contributed by atoms with Crippen LogP contribution >= 0.6 is 0 Å². The van der Waals surface area contributed by atoms with Gasteiger partial charge in [-0.15, -0.1) is 0 Å². The van der Waals surface area contributed by atoms with E-state index in [1.807, 2.05) is 30.3 Å². The fourth-order valence-electron chi connectivity index (χ4n) is 8.29. The number of benzene rings is 6. The van der Waals surface area contributed by atoms with E-state index in [1.165, 1.54) is 42.5 Å². The smallest absolute Gasteiger partial charge is 0.383 e. The Morgan fingerprint density at radius 3 is 1.57 bits per heavy atom. The molecule has 2 aliphatic rings. The van der Waals surface area contributed by atoms with Gasteiger partial charge in [0.15, 0.2) is 18.0 Å². The molecule has 1 aromatic heterocycles. The molecular weight excluding hydrogens is 897 g/mol. The van der Waals surface area contributed by atoms with Crippen LogP contribution in [0.15, 0.2) is 179 Å². The van der Waals surface area contributed by atoms with Gasteiger partial charge in [0, 0.05) is 6.07 Å². The fraction of sp³-hybridized carbons (Fsp3) is 0.232. The van der Waals surface area contributed by atoms with Crippen LogP contribution in [0, 0.1) is 0 Å². The van der Waals surface area contributed by atoms with E-state index < -0.39 is 66.8 Å². The van der Waals surface area contributed by atoms with E-state index in [0.717, 1.165) is 37.7 Å². The lowest BCUT2D eigenvalue weighted by Gasteiger charge is -2.44. The first-order valence-electron chi connectivity index (χ1n) is 23.0. The van der Waals surface area contributed by atoms with Crippen LogP contribution in [0.25, 0.3) is 11.0 Å². The van der Waals surface area contributed by atoms with Crippen molar-refractivity contribution in [3.05, 3.63) is 208 Å². The van der Waals surface area contributed by atoms with E-state index in [1.54, 1.807) is 97.1 Å². The monoisotopic (exact) mass is 944 g/mol. The van der Waals surface area contributed by atoms with Crippen LogP contribution in [-0.4, -0.2) is 67.3 Å². The van der Waals surface area contributed by atoms with Gasteiger partial charge in [0.1, 0.15) is 30.7 Å². The maximum atomic E-state index is 14.1. The SMILES string of the molecule is O=C(OC[C@H]1O[C@@H](Oc2ccc3c(OCc4ccccc4)c(OC4CCCCC4)c(=O)oc3c2)[C@H](OC(=O)c2ccccc2)[C@@H](OC(=O)c2ccccc2)[C@H]1OC(=O)c1ccccc1)c1ccccc1. The Balaban J connectivity index is 1.12. The minimum atomic E-state index is -1.67. The van der Waals surface area contributed by atoms with E-state index in [9.17, 15) is 24.0 Å². The number of carbonyl (C=O) groups excluding carboxylic acids is 4. The van der Waals surface area contributed by atoms with Crippen molar-refractivity contribution in [3.63, 3.8) is 0 Å². The maximum absolute atomic E-state index is 14.1. The van der Waals surface area contributed by atoms with Gasteiger partial charge in [-0.3, -0.25) is 0 Å². The molecule has 2 heterocycles. The summed E-state index contributed by atoms with van der Waals surface area (Å²) in [4.78, 5) is 69.5. The van der Waals surface area contributed by atoms with Gasteiger partial charge < -0.3 is 42.3 Å². The molecule has 1 aliphatic carbocycles. The van der Waals surface area contributed by atoms with Crippen molar-refractivity contribution in [2.45, 2.75) is 75.5 Å². The highest BCUT2D eigenvalue weighted by Crippen LogP contribution is 2.39. The van der Waals surface area contributed by atoms with Gasteiger partial charge in [0.05, 0.1) is 33.7 Å². The third kappa shape index (κ3) is 11.4. The van der Waals surface area contributed by atoms with Crippen molar-refractivity contribution in [1.29, 1.82) is 0 Å². The Kier molecular flexibility index (Phi) is 14.9. The van der Waals surface area contributed by atoms with Crippen molar-refractivity contribution >= 4 is 34.8 Å². The highest BCUT2D eigenvalue weighted by Gasteiger charge is 2.54. The molecule has 356 valence electrons. The maximum Gasteiger partial charge on any atom is 0.383 e. The zero-order chi connectivity index (χ0) is 48.2. The molecule has 0 radical (unpaired) electrons. The molecule has 0 N–H and O–H groups in total. The van der Waals surface area contributed by atoms with Crippen molar-refractivity contribution < 1.29 is 61.5 Å². The average Bonchev–Trinajstić information content (AvgIpc) is 3.41. The molecule has 14 nitrogen and oxygen atoms in total. The Morgan fingerprint density at radius 1 is 0.514 bits per heavy atom. The molecular formula is C56H48O14. The Hall–Kier alpha value is -8.23. The van der Waals surface area contributed by atoms with Crippen molar-refractivity contribution in [3.8, 4) is 17.2 Å². The lowest BCUT2D eigenvalue weighted by atomic mass is 9.97. The minimum absolute atomic E-state index is 0.0421. The van der Waals surface area contributed by atoms with Crippen LogP contribution in [-0.2, 0) is 30.3 Å². The van der Waals surface area contributed by atoms with E-state index >= 15 is 0 Å². The number of rotatable bonds is 16. The summed E-state index contributed by atoms with van der Waals surface area (Å²) in [5.74, 6) is -3.11. The van der Waals surface area contributed by atoms with Crippen molar-refractivity contribution in [2.24, 2.45) is 0 Å². The zero-order valence-corrected chi connectivity index (χ0v) is 37.8. The van der Waals surface area contributed by atoms with E-state index in [-0.39, 0.29) is 57.8 Å². The van der Waals surface area contributed by atoms with Crippen LogP contribution in [0.1, 0.15) is 79.1 Å². The van der Waals surface area contributed by atoms with Gasteiger partial charge in [-0.1, -0.05) is 110 Å². The number of hydrogen-bond acceptors (Lipinski definition) is 14. The lowest BCUT2D eigenvalue weighted by Crippen LogP contribution is -2.63. The third-order valence-electron chi connectivity index (χ3n) is 11.8. The molecule has 7 aromatic rings. The standard InChI is InChI=1S/C56H48O14/c57-51(37-21-9-2-10-22-37)63-35-45-47(68-52(58)38-23-11-3-12-24-38)48(69-53(59)39-25-13-4-14-26-39)50(70-54(60)40-27-15-5-16-28-40)56(67-45)65-42-31-32-43-44(33-42)66-55(61)49(64-41-29-17-6-18-30-41)46(43)62-34-36-19-7-1-8-20-36/h1-5,7-16,19-28,31-33,41,45,47-48,50,56H,6,17-18,29-30,34-35H2/t45-,47+,48+,50-,56-/m1/s1. The zero-order valence-electron chi connectivity index (χ0n) is 37.8. The lowest BCUT2D eigenvalue weighted by molar-refractivity contribution is -0.275. The van der Waals surface area contributed by atoms with Crippen LogP contribution in [0.2, 0.25) is 0 Å². The summed E-state index contributed by atoms with van der Waals surface area (Å²) < 4.78 is 56.0. The average molecular weight is 945 g/mol. The van der Waals surface area contributed by atoms with E-state index in [2.05, 4.69) is 0 Å². The van der Waals surface area contributed by atoms with Gasteiger partial charge in [-0.25, -0.2) is 24.0 Å². The topological polar surface area (TPSA) is 172 Å². The number of fused-ring (bicyclic) bond motifs is 1. The Bertz CT molecular complexity index is 2940. The van der Waals surface area contributed by atoms with Crippen molar-refractivity contribution in [2.75, 3.05) is 6.61 Å². The Morgan fingerprint density at radius 2 is 1.01 bits per heavy atom. The van der Waals surface area contributed by atoms with E-state index in [0.29, 0.717) is 5.39 Å². The summed E-state index contributed by atoms with van der Waals surface area (Å²) in [5, 5.41) is 0.401. The van der Waals surface area contributed by atoms with Crippen molar-refractivity contribution in [1.82, 2.24) is 0 Å². The number of carbonyl (C=O) groups is 4. The van der Waals surface area contributed by atoms with Crippen LogP contribution in [0.4, 0.5) is 0 Å². The molecule has 2 fully saturated rings. The predicted molar refractivity (Wildman–Crippen MR) is 254 cm³/mol. The first-order chi connectivity index (χ1) is 34.3. The molecule has 70 heavy (non-hydrogen) atoms. The van der Waals surface area contributed by atoms with Gasteiger partial charge in [-0.05, 0) is 91.9 Å². The van der Waals surface area contributed by atoms with Crippen LogP contribution in [0.5, 0.6) is 17.2 Å². The van der Waals surface area contributed by atoms with Crippen LogP contribution < -0.4 is 19.8 Å². The molecule has 1 saturated heterocycles. The highest BCUT2D eigenvalue weighted by molar-refractivity contribution is 5.92. The first kappa shape index (κ1) is 46.9. The summed E-state index contributed by atoms with van der Waals surface area (Å²) in [6, 6.07) is 46.5. The third-order valence-corrected chi connectivity index (χ3v) is 11.8. The number of ether oxygens (including phenoxy) is 8. The van der Waals surface area contributed by atoms with Gasteiger partial charge in [-0.2, -0.15) is 0 Å². The molecule has 6 aromatic carbocycles. The summed E-state index contributed by atoms with van der Waals surface area (Å²) in [6.07, 6.45) is -3.63. The highest BCUT2D eigenvalue weighted by atomic mass is 16.7. The number of esters is 4. The largest absolute Gasteiger partial charge is 0.484 e. The summed E-state index contributed by atoms with van der Waals surface area (Å²) >= 11 is 0. The summed E-state index contributed by atoms with van der Waals surface area (Å²) in [5.41, 5.74) is 0.779. The second-order valence-electron chi connectivity index (χ2n) is 16.7. The second-order valence-corrected chi connectivity index (χ2v) is 16.7. The molecule has 0 amide bonds. The van der Waals surface area contributed by atoms with Gasteiger partial charge in [0.25, 0.3) is 0 Å². The summed E-state index contributed by atoms with van der Waals surface area (Å²) in [6.45, 7) is -0.435. The molecule has 5 atom stereocenters. The molecule has 0 unspecified atom stereocenters. The van der Waals surface area contributed by atoms with E-state index in [4.69, 9.17) is 42.3 Å². The molecule has 1 aliphatic heterocycles. The van der Waals surface area contributed by atoms with Crippen LogP contribution in [0.3, 0.4) is 0 Å². The molecule has 1 saturated carbocycles. The minimum Gasteiger partial charge on any atom is -0.484 e. The Labute approximate surface area is 402 Å². The molecule has 0 spiro atoms. The predicted octanol–water partition coefficient (Wildman–Crippen LogP) is 9.72.